The number of aryl methyl sites for hydroxylation is 1. The molecule has 0 N–H and O–H groups in total. The summed E-state index contributed by atoms with van der Waals surface area (Å²) in [5, 5.41) is 4.31. The zero-order chi connectivity index (χ0) is 15.2. The lowest BCUT2D eigenvalue weighted by atomic mass is 10.2. The van der Waals surface area contributed by atoms with Crippen LogP contribution in [0.1, 0.15) is 29.9 Å². The maximum absolute atomic E-state index is 11.8. The van der Waals surface area contributed by atoms with Crippen molar-refractivity contribution in [1.29, 1.82) is 0 Å². The summed E-state index contributed by atoms with van der Waals surface area (Å²) < 4.78 is 6.82. The number of esters is 1. The lowest BCUT2D eigenvalue weighted by molar-refractivity contribution is 0.0518. The van der Waals surface area contributed by atoms with Gasteiger partial charge in [-0.3, -0.25) is 0 Å². The summed E-state index contributed by atoms with van der Waals surface area (Å²) in [4.78, 5) is 13.9. The first-order valence-corrected chi connectivity index (χ1v) is 7.15. The van der Waals surface area contributed by atoms with Crippen LogP contribution in [0, 0.1) is 0 Å². The Morgan fingerprint density at radius 3 is 2.62 bits per heavy atom. The molecule has 0 bridgehead atoms. The molecule has 2 rings (SSSR count). The monoisotopic (exact) mass is 287 g/mol. The van der Waals surface area contributed by atoms with E-state index in [2.05, 4.69) is 22.1 Å². The van der Waals surface area contributed by atoms with Gasteiger partial charge in [0.1, 0.15) is 5.82 Å². The smallest absolute Gasteiger partial charge is 0.358 e. The molecule has 2 aromatic rings. The van der Waals surface area contributed by atoms with E-state index in [0.717, 1.165) is 12.4 Å². The lowest BCUT2D eigenvalue weighted by Crippen LogP contribution is -2.20. The van der Waals surface area contributed by atoms with E-state index in [1.165, 1.54) is 5.56 Å². The van der Waals surface area contributed by atoms with Gasteiger partial charge >= 0.3 is 5.97 Å². The molecule has 5 nitrogen and oxygen atoms in total. The third-order valence-electron chi connectivity index (χ3n) is 3.20. The second-order valence-corrected chi connectivity index (χ2v) is 4.77. The van der Waals surface area contributed by atoms with Crippen LogP contribution in [0.2, 0.25) is 0 Å². The van der Waals surface area contributed by atoms with Crippen molar-refractivity contribution in [2.24, 2.45) is 0 Å². The van der Waals surface area contributed by atoms with Gasteiger partial charge in [0.25, 0.3) is 0 Å². The maximum Gasteiger partial charge on any atom is 0.358 e. The number of hydrogen-bond acceptors (Lipinski definition) is 4. The Balaban J connectivity index is 2.19. The van der Waals surface area contributed by atoms with E-state index in [1.54, 1.807) is 13.0 Å². The maximum atomic E-state index is 11.8. The summed E-state index contributed by atoms with van der Waals surface area (Å²) >= 11 is 0. The van der Waals surface area contributed by atoms with Crippen molar-refractivity contribution in [1.82, 2.24) is 9.78 Å². The van der Waals surface area contributed by atoms with E-state index in [0.29, 0.717) is 18.8 Å². The van der Waals surface area contributed by atoms with E-state index in [1.807, 2.05) is 36.9 Å². The summed E-state index contributed by atoms with van der Waals surface area (Å²) in [6, 6.07) is 12.0. The van der Waals surface area contributed by atoms with Gasteiger partial charge in [0.15, 0.2) is 5.69 Å². The lowest BCUT2D eigenvalue weighted by Gasteiger charge is -2.19. The van der Waals surface area contributed by atoms with Gasteiger partial charge in [-0.25, -0.2) is 9.48 Å². The Hall–Kier alpha value is -2.30. The molecule has 0 saturated heterocycles. The summed E-state index contributed by atoms with van der Waals surface area (Å²) in [7, 11) is 1.99. The number of aromatic nitrogens is 2. The summed E-state index contributed by atoms with van der Waals surface area (Å²) in [6.45, 7) is 5.61. The third kappa shape index (κ3) is 3.62. The van der Waals surface area contributed by atoms with E-state index < -0.39 is 0 Å². The quantitative estimate of drug-likeness (QED) is 0.766. The number of carbonyl (C=O) groups excluding carboxylic acids is 1. The number of benzene rings is 1. The number of carbonyl (C=O) groups is 1. The topological polar surface area (TPSA) is 47.4 Å². The minimum Gasteiger partial charge on any atom is -0.461 e. The van der Waals surface area contributed by atoms with Crippen molar-refractivity contribution in [2.45, 2.75) is 26.9 Å². The molecule has 0 radical (unpaired) electrons. The molecule has 112 valence electrons. The predicted molar refractivity (Wildman–Crippen MR) is 82.4 cm³/mol. The molecule has 0 amide bonds. The molecular weight excluding hydrogens is 266 g/mol. The molecule has 0 fully saturated rings. The number of ether oxygens (including phenoxy) is 1. The van der Waals surface area contributed by atoms with Gasteiger partial charge in [-0.1, -0.05) is 30.3 Å². The van der Waals surface area contributed by atoms with Crippen molar-refractivity contribution in [3.63, 3.8) is 0 Å². The standard InChI is InChI=1S/C16H21N3O2/c1-4-19-15(11-14(17-19)16(20)21-5-2)18(3)12-13-9-7-6-8-10-13/h6-11H,4-5,12H2,1-3H3. The van der Waals surface area contributed by atoms with E-state index in [4.69, 9.17) is 4.74 Å². The fourth-order valence-corrected chi connectivity index (χ4v) is 2.19. The molecule has 0 aliphatic heterocycles. The molecule has 21 heavy (non-hydrogen) atoms. The van der Waals surface area contributed by atoms with Gasteiger partial charge < -0.3 is 9.64 Å². The van der Waals surface area contributed by atoms with Crippen LogP contribution < -0.4 is 4.90 Å². The van der Waals surface area contributed by atoms with Gasteiger partial charge in [0.2, 0.25) is 0 Å². The molecule has 0 unspecified atom stereocenters. The highest BCUT2D eigenvalue weighted by Gasteiger charge is 2.17. The Labute approximate surface area is 125 Å². The first-order valence-electron chi connectivity index (χ1n) is 7.15. The van der Waals surface area contributed by atoms with Crippen molar-refractivity contribution >= 4 is 11.8 Å². The molecule has 0 atom stereocenters. The minimum absolute atomic E-state index is 0.354. The summed E-state index contributed by atoms with van der Waals surface area (Å²) in [6.07, 6.45) is 0. The first-order chi connectivity index (χ1) is 10.2. The fourth-order valence-electron chi connectivity index (χ4n) is 2.19. The predicted octanol–water partition coefficient (Wildman–Crippen LogP) is 2.72. The Morgan fingerprint density at radius 1 is 1.29 bits per heavy atom. The largest absolute Gasteiger partial charge is 0.461 e. The van der Waals surface area contributed by atoms with Crippen LogP contribution in [-0.4, -0.2) is 29.4 Å². The average Bonchev–Trinajstić information content (AvgIpc) is 2.93. The molecule has 0 aliphatic carbocycles. The molecule has 0 aliphatic rings. The molecular formula is C16H21N3O2. The van der Waals surface area contributed by atoms with Gasteiger partial charge in [0.05, 0.1) is 6.61 Å². The van der Waals surface area contributed by atoms with Crippen LogP contribution in [0.25, 0.3) is 0 Å². The van der Waals surface area contributed by atoms with Crippen LogP contribution in [0.3, 0.4) is 0 Å². The van der Waals surface area contributed by atoms with Crippen molar-refractivity contribution < 1.29 is 9.53 Å². The highest BCUT2D eigenvalue weighted by molar-refractivity contribution is 5.88. The Morgan fingerprint density at radius 2 is 2.00 bits per heavy atom. The zero-order valence-electron chi connectivity index (χ0n) is 12.7. The van der Waals surface area contributed by atoms with Crippen LogP contribution in [0.15, 0.2) is 36.4 Å². The van der Waals surface area contributed by atoms with Crippen LogP contribution >= 0.6 is 0 Å². The summed E-state index contributed by atoms with van der Waals surface area (Å²) in [5.74, 6) is 0.531. The average molecular weight is 287 g/mol. The van der Waals surface area contributed by atoms with E-state index in [-0.39, 0.29) is 5.97 Å². The Kier molecular flexibility index (Phi) is 4.98. The second kappa shape index (κ2) is 6.92. The van der Waals surface area contributed by atoms with Crippen molar-refractivity contribution in [2.75, 3.05) is 18.6 Å². The van der Waals surface area contributed by atoms with Gasteiger partial charge in [-0.2, -0.15) is 5.10 Å². The Bertz CT molecular complexity index is 593. The third-order valence-corrected chi connectivity index (χ3v) is 3.20. The summed E-state index contributed by atoms with van der Waals surface area (Å²) in [5.41, 5.74) is 1.56. The molecule has 1 heterocycles. The number of anilines is 1. The van der Waals surface area contributed by atoms with Crippen LogP contribution in [-0.2, 0) is 17.8 Å². The molecule has 0 spiro atoms. The highest BCUT2D eigenvalue weighted by Crippen LogP contribution is 2.18. The first kappa shape index (κ1) is 15.1. The molecule has 1 aromatic heterocycles. The number of nitrogens with zero attached hydrogens (tertiary/aromatic N) is 3. The van der Waals surface area contributed by atoms with Crippen LogP contribution in [0.5, 0.6) is 0 Å². The van der Waals surface area contributed by atoms with Gasteiger partial charge in [-0.05, 0) is 19.4 Å². The van der Waals surface area contributed by atoms with Crippen molar-refractivity contribution in [3.05, 3.63) is 47.7 Å². The van der Waals surface area contributed by atoms with E-state index >= 15 is 0 Å². The van der Waals surface area contributed by atoms with Gasteiger partial charge in [-0.15, -0.1) is 0 Å². The normalized spacial score (nSPS) is 10.4. The fraction of sp³-hybridized carbons (Fsp3) is 0.375. The van der Waals surface area contributed by atoms with Crippen LogP contribution in [0.4, 0.5) is 5.82 Å². The molecule has 0 saturated carbocycles. The zero-order valence-corrected chi connectivity index (χ0v) is 12.7. The molecule has 1 aromatic carbocycles. The highest BCUT2D eigenvalue weighted by atomic mass is 16.5. The SMILES string of the molecule is CCOC(=O)c1cc(N(C)Cc2ccccc2)n(CC)n1. The number of hydrogen-bond donors (Lipinski definition) is 0. The molecule has 5 heteroatoms. The minimum atomic E-state index is -0.376. The number of rotatable bonds is 6. The van der Waals surface area contributed by atoms with Crippen molar-refractivity contribution in [3.8, 4) is 0 Å². The van der Waals surface area contributed by atoms with Gasteiger partial charge in [0, 0.05) is 26.2 Å². The van der Waals surface area contributed by atoms with E-state index in [9.17, 15) is 4.79 Å². The second-order valence-electron chi connectivity index (χ2n) is 4.77.